The third-order valence-corrected chi connectivity index (χ3v) is 3.38. The molecule has 4 heteroatoms. The van der Waals surface area contributed by atoms with Crippen LogP contribution in [0.25, 0.3) is 10.8 Å². The van der Waals surface area contributed by atoms with Gasteiger partial charge in [0.1, 0.15) is 0 Å². The number of carbonyl (C=O) groups is 2. The lowest BCUT2D eigenvalue weighted by atomic mass is 10.0. The number of nitrogens with one attached hydrogen (secondary N) is 1. The second kappa shape index (κ2) is 5.69. The highest BCUT2D eigenvalue weighted by Gasteiger charge is 2.08. The quantitative estimate of drug-likeness (QED) is 0.771. The van der Waals surface area contributed by atoms with Crippen LogP contribution in [0.3, 0.4) is 0 Å². The molecule has 0 fully saturated rings. The van der Waals surface area contributed by atoms with Crippen molar-refractivity contribution < 1.29 is 14.7 Å². The first-order valence-electron chi connectivity index (χ1n) is 6.77. The molecule has 1 amide bonds. The molecule has 4 nitrogen and oxygen atoms in total. The second-order valence-electron chi connectivity index (χ2n) is 4.90. The zero-order valence-electron chi connectivity index (χ0n) is 11.6. The van der Waals surface area contributed by atoms with E-state index in [2.05, 4.69) is 5.32 Å². The van der Waals surface area contributed by atoms with Gasteiger partial charge in [-0.15, -0.1) is 0 Å². The van der Waals surface area contributed by atoms with Gasteiger partial charge in [-0.2, -0.15) is 0 Å². The van der Waals surface area contributed by atoms with Crippen molar-refractivity contribution >= 4 is 28.3 Å². The summed E-state index contributed by atoms with van der Waals surface area (Å²) >= 11 is 0. The van der Waals surface area contributed by atoms with Crippen molar-refractivity contribution in [3.8, 4) is 0 Å². The highest BCUT2D eigenvalue weighted by atomic mass is 16.4. The highest BCUT2D eigenvalue weighted by molar-refractivity contribution is 6.07. The minimum absolute atomic E-state index is 0.202. The summed E-state index contributed by atoms with van der Waals surface area (Å²) in [4.78, 5) is 23.3. The maximum absolute atomic E-state index is 12.2. The summed E-state index contributed by atoms with van der Waals surface area (Å²) in [5, 5.41) is 13.5. The monoisotopic (exact) mass is 291 g/mol. The molecule has 3 rings (SSSR count). The van der Waals surface area contributed by atoms with Crippen molar-refractivity contribution in [2.45, 2.75) is 0 Å². The Balaban J connectivity index is 1.93. The summed E-state index contributed by atoms with van der Waals surface area (Å²) in [5.74, 6) is -1.21. The van der Waals surface area contributed by atoms with Crippen LogP contribution >= 0.6 is 0 Å². The second-order valence-corrected chi connectivity index (χ2v) is 4.90. The van der Waals surface area contributed by atoms with Gasteiger partial charge in [0.2, 0.25) is 0 Å². The normalized spacial score (nSPS) is 10.4. The van der Waals surface area contributed by atoms with Gasteiger partial charge in [0.15, 0.2) is 0 Å². The number of fused-ring (bicyclic) bond motifs is 1. The number of anilines is 1. The SMILES string of the molecule is O=C(O)c1ccc2ccc(C(=O)Nc3ccccc3)cc2c1. The third kappa shape index (κ3) is 2.81. The Hall–Kier alpha value is -3.14. The maximum atomic E-state index is 12.2. The molecule has 22 heavy (non-hydrogen) atoms. The fourth-order valence-corrected chi connectivity index (χ4v) is 2.25. The molecule has 108 valence electrons. The predicted molar refractivity (Wildman–Crippen MR) is 85.3 cm³/mol. The van der Waals surface area contributed by atoms with Gasteiger partial charge < -0.3 is 10.4 Å². The average Bonchev–Trinajstić information content (AvgIpc) is 2.54. The van der Waals surface area contributed by atoms with Gasteiger partial charge in [-0.1, -0.05) is 30.3 Å². The van der Waals surface area contributed by atoms with E-state index in [0.29, 0.717) is 11.3 Å². The lowest BCUT2D eigenvalue weighted by molar-refractivity contribution is 0.0697. The third-order valence-electron chi connectivity index (χ3n) is 3.38. The molecular formula is C18H13NO3. The standard InChI is InChI=1S/C18H13NO3/c20-17(19-16-4-2-1-3-5-16)13-8-6-12-7-9-14(18(21)22)11-15(12)10-13/h1-11H,(H,19,20)(H,21,22). The van der Waals surface area contributed by atoms with E-state index in [1.807, 2.05) is 30.3 Å². The molecule has 3 aromatic rings. The number of carbonyl (C=O) groups excluding carboxylic acids is 1. The molecule has 0 unspecified atom stereocenters. The molecule has 0 spiro atoms. The number of carboxylic acids is 1. The molecule has 0 heterocycles. The Labute approximate surface area is 127 Å². The molecule has 0 atom stereocenters. The summed E-state index contributed by atoms with van der Waals surface area (Å²) in [5.41, 5.74) is 1.40. The minimum Gasteiger partial charge on any atom is -0.478 e. The van der Waals surface area contributed by atoms with Crippen LogP contribution in [0.5, 0.6) is 0 Å². The van der Waals surface area contributed by atoms with E-state index in [4.69, 9.17) is 5.11 Å². The molecule has 0 aliphatic rings. The van der Waals surface area contributed by atoms with Crippen molar-refractivity contribution in [1.82, 2.24) is 0 Å². The van der Waals surface area contributed by atoms with Gasteiger partial charge in [0, 0.05) is 11.3 Å². The number of benzene rings is 3. The number of para-hydroxylation sites is 1. The minimum atomic E-state index is -0.985. The average molecular weight is 291 g/mol. The Kier molecular flexibility index (Phi) is 3.58. The molecule has 0 bridgehead atoms. The van der Waals surface area contributed by atoms with Crippen LogP contribution in [0.2, 0.25) is 0 Å². The van der Waals surface area contributed by atoms with Crippen LogP contribution in [0, 0.1) is 0 Å². The molecule has 3 aromatic carbocycles. The number of hydrogen-bond donors (Lipinski definition) is 2. The Bertz CT molecular complexity index is 857. The zero-order valence-corrected chi connectivity index (χ0v) is 11.6. The summed E-state index contributed by atoms with van der Waals surface area (Å²) in [6, 6.07) is 19.2. The lowest BCUT2D eigenvalue weighted by Crippen LogP contribution is -2.11. The fourth-order valence-electron chi connectivity index (χ4n) is 2.25. The van der Waals surface area contributed by atoms with Gasteiger partial charge in [-0.05, 0) is 47.2 Å². The van der Waals surface area contributed by atoms with E-state index in [0.717, 1.165) is 10.8 Å². The van der Waals surface area contributed by atoms with E-state index in [9.17, 15) is 9.59 Å². The van der Waals surface area contributed by atoms with Crippen molar-refractivity contribution in [3.05, 3.63) is 77.9 Å². The lowest BCUT2D eigenvalue weighted by Gasteiger charge is -2.06. The van der Waals surface area contributed by atoms with Crippen molar-refractivity contribution in [3.63, 3.8) is 0 Å². The number of hydrogen-bond acceptors (Lipinski definition) is 2. The van der Waals surface area contributed by atoms with E-state index in [-0.39, 0.29) is 11.5 Å². The first kappa shape index (κ1) is 13.8. The Morgan fingerprint density at radius 3 is 2.09 bits per heavy atom. The molecule has 0 radical (unpaired) electrons. The summed E-state index contributed by atoms with van der Waals surface area (Å²) in [6.45, 7) is 0. The van der Waals surface area contributed by atoms with Gasteiger partial charge in [-0.25, -0.2) is 4.79 Å². The topological polar surface area (TPSA) is 66.4 Å². The molecule has 0 aliphatic heterocycles. The maximum Gasteiger partial charge on any atom is 0.335 e. The fraction of sp³-hybridized carbons (Fsp3) is 0. The number of amides is 1. The van der Waals surface area contributed by atoms with Gasteiger partial charge in [0.05, 0.1) is 5.56 Å². The first-order valence-corrected chi connectivity index (χ1v) is 6.77. The van der Waals surface area contributed by atoms with Gasteiger partial charge in [-0.3, -0.25) is 4.79 Å². The molecule has 2 N–H and O–H groups in total. The van der Waals surface area contributed by atoms with Crippen molar-refractivity contribution in [2.24, 2.45) is 0 Å². The highest BCUT2D eigenvalue weighted by Crippen LogP contribution is 2.19. The van der Waals surface area contributed by atoms with Crippen LogP contribution in [0.1, 0.15) is 20.7 Å². The van der Waals surface area contributed by atoms with Crippen LogP contribution in [0.15, 0.2) is 66.7 Å². The number of rotatable bonds is 3. The smallest absolute Gasteiger partial charge is 0.335 e. The largest absolute Gasteiger partial charge is 0.478 e. The number of aromatic carboxylic acids is 1. The summed E-state index contributed by atoms with van der Waals surface area (Å²) in [7, 11) is 0. The van der Waals surface area contributed by atoms with Crippen LogP contribution in [0.4, 0.5) is 5.69 Å². The summed E-state index contributed by atoms with van der Waals surface area (Å²) in [6.07, 6.45) is 0. The van der Waals surface area contributed by atoms with Gasteiger partial charge in [0.25, 0.3) is 5.91 Å². The molecular weight excluding hydrogens is 278 g/mol. The predicted octanol–water partition coefficient (Wildman–Crippen LogP) is 3.79. The Morgan fingerprint density at radius 1 is 0.773 bits per heavy atom. The summed E-state index contributed by atoms with van der Waals surface area (Å²) < 4.78 is 0. The van der Waals surface area contributed by atoms with E-state index >= 15 is 0 Å². The molecule has 0 aromatic heterocycles. The molecule has 0 aliphatic carbocycles. The van der Waals surface area contributed by atoms with Crippen LogP contribution in [-0.4, -0.2) is 17.0 Å². The van der Waals surface area contributed by atoms with Crippen LogP contribution in [-0.2, 0) is 0 Å². The Morgan fingerprint density at radius 2 is 1.41 bits per heavy atom. The first-order chi connectivity index (χ1) is 10.6. The molecule has 0 saturated carbocycles. The van der Waals surface area contributed by atoms with E-state index in [1.165, 1.54) is 0 Å². The van der Waals surface area contributed by atoms with Crippen LogP contribution < -0.4 is 5.32 Å². The van der Waals surface area contributed by atoms with Gasteiger partial charge >= 0.3 is 5.97 Å². The number of carboxylic acid groups (broad SMARTS) is 1. The van der Waals surface area contributed by atoms with E-state index < -0.39 is 5.97 Å². The van der Waals surface area contributed by atoms with Crippen molar-refractivity contribution in [1.29, 1.82) is 0 Å². The zero-order chi connectivity index (χ0) is 15.5. The van der Waals surface area contributed by atoms with E-state index in [1.54, 1.807) is 36.4 Å². The van der Waals surface area contributed by atoms with Crippen molar-refractivity contribution in [2.75, 3.05) is 5.32 Å². The molecule has 0 saturated heterocycles.